The molecule has 1 aromatic rings. The number of hydrogen-bond acceptors (Lipinski definition) is 3. The lowest BCUT2D eigenvalue weighted by atomic mass is 10.3. The molecular formula is C12H24N4. The Morgan fingerprint density at radius 1 is 1.38 bits per heavy atom. The zero-order valence-electron chi connectivity index (χ0n) is 10.9. The number of hydrogen-bond donors (Lipinski definition) is 1. The summed E-state index contributed by atoms with van der Waals surface area (Å²) < 4.78 is 2.19. The van der Waals surface area contributed by atoms with Gasteiger partial charge in [-0.1, -0.05) is 0 Å². The number of unbranched alkanes of at least 4 members (excludes halogenated alkanes) is 1. The molecule has 1 rings (SSSR count). The van der Waals surface area contributed by atoms with Crippen LogP contribution in [0.25, 0.3) is 0 Å². The molecule has 1 aromatic heterocycles. The summed E-state index contributed by atoms with van der Waals surface area (Å²) in [7, 11) is 4.23. The van der Waals surface area contributed by atoms with Crippen LogP contribution in [-0.2, 0) is 6.54 Å². The summed E-state index contributed by atoms with van der Waals surface area (Å²) >= 11 is 0. The highest BCUT2D eigenvalue weighted by Gasteiger charge is 2.03. The van der Waals surface area contributed by atoms with Crippen molar-refractivity contribution in [2.24, 2.45) is 0 Å². The summed E-state index contributed by atoms with van der Waals surface area (Å²) in [6.45, 7) is 6.46. The predicted molar refractivity (Wildman–Crippen MR) is 68.8 cm³/mol. The average molecular weight is 224 g/mol. The lowest BCUT2D eigenvalue weighted by Gasteiger charge is -2.13. The summed E-state index contributed by atoms with van der Waals surface area (Å²) in [5, 5.41) is 3.34. The van der Waals surface area contributed by atoms with Crippen LogP contribution in [0, 0.1) is 0 Å². The molecule has 0 fully saturated rings. The molecule has 16 heavy (non-hydrogen) atoms. The first-order chi connectivity index (χ1) is 7.59. The Labute approximate surface area is 98.7 Å². The maximum atomic E-state index is 4.31. The summed E-state index contributed by atoms with van der Waals surface area (Å²) in [6, 6.07) is 0.433. The molecular weight excluding hydrogens is 200 g/mol. The maximum absolute atomic E-state index is 4.31. The Hall–Kier alpha value is -1.03. The fourth-order valence-electron chi connectivity index (χ4n) is 1.60. The number of anilines is 1. The first-order valence-electron chi connectivity index (χ1n) is 6.02. The Morgan fingerprint density at radius 2 is 2.12 bits per heavy atom. The van der Waals surface area contributed by atoms with Gasteiger partial charge < -0.3 is 14.8 Å². The number of rotatable bonds is 7. The van der Waals surface area contributed by atoms with Crippen molar-refractivity contribution in [3.8, 4) is 0 Å². The van der Waals surface area contributed by atoms with Crippen LogP contribution in [0.1, 0.15) is 26.7 Å². The number of aryl methyl sites for hydroxylation is 1. The normalized spacial score (nSPS) is 11.4. The van der Waals surface area contributed by atoms with Gasteiger partial charge in [-0.25, -0.2) is 4.98 Å². The van der Waals surface area contributed by atoms with E-state index in [9.17, 15) is 0 Å². The lowest BCUT2D eigenvalue weighted by molar-refractivity contribution is 0.388. The number of aromatic nitrogens is 2. The molecule has 0 spiro atoms. The van der Waals surface area contributed by atoms with Crippen molar-refractivity contribution in [2.75, 3.05) is 26.0 Å². The molecule has 0 aliphatic carbocycles. The Balaban J connectivity index is 2.33. The zero-order valence-corrected chi connectivity index (χ0v) is 10.9. The molecule has 0 bridgehead atoms. The van der Waals surface area contributed by atoms with E-state index in [1.807, 2.05) is 12.4 Å². The van der Waals surface area contributed by atoms with Crippen molar-refractivity contribution < 1.29 is 0 Å². The standard InChI is InChI=1S/C12H24N4/c1-11(2)14-12-13-7-10-16(12)9-6-5-8-15(3)4/h7,10-11H,5-6,8-9H2,1-4H3,(H,13,14). The minimum Gasteiger partial charge on any atom is -0.353 e. The minimum atomic E-state index is 0.433. The summed E-state index contributed by atoms with van der Waals surface area (Å²) in [5.41, 5.74) is 0. The van der Waals surface area contributed by atoms with Crippen LogP contribution in [-0.4, -0.2) is 41.1 Å². The molecule has 0 aliphatic rings. The molecule has 1 N–H and O–H groups in total. The molecule has 4 heteroatoms. The molecule has 0 unspecified atom stereocenters. The van der Waals surface area contributed by atoms with Crippen LogP contribution in [0.5, 0.6) is 0 Å². The zero-order chi connectivity index (χ0) is 12.0. The quantitative estimate of drug-likeness (QED) is 0.720. The van der Waals surface area contributed by atoms with E-state index >= 15 is 0 Å². The second-order valence-corrected chi connectivity index (χ2v) is 4.75. The van der Waals surface area contributed by atoms with Crippen LogP contribution in [0.3, 0.4) is 0 Å². The van der Waals surface area contributed by atoms with Crippen molar-refractivity contribution in [3.63, 3.8) is 0 Å². The van der Waals surface area contributed by atoms with Gasteiger partial charge in [0.25, 0.3) is 0 Å². The molecule has 0 aliphatic heterocycles. The van der Waals surface area contributed by atoms with E-state index < -0.39 is 0 Å². The summed E-state index contributed by atoms with van der Waals surface area (Å²) in [5.74, 6) is 0.986. The molecule has 1 heterocycles. The van der Waals surface area contributed by atoms with E-state index in [1.165, 1.54) is 12.8 Å². The highest BCUT2D eigenvalue weighted by molar-refractivity contribution is 5.26. The highest BCUT2D eigenvalue weighted by Crippen LogP contribution is 2.07. The van der Waals surface area contributed by atoms with E-state index in [2.05, 4.69) is 47.7 Å². The highest BCUT2D eigenvalue weighted by atomic mass is 15.2. The first kappa shape index (κ1) is 13.0. The second kappa shape index (κ2) is 6.53. The summed E-state index contributed by atoms with van der Waals surface area (Å²) in [6.07, 6.45) is 6.32. The fraction of sp³-hybridized carbons (Fsp3) is 0.750. The molecule has 0 atom stereocenters. The predicted octanol–water partition coefficient (Wildman–Crippen LogP) is 2.05. The molecule has 0 saturated heterocycles. The third-order valence-electron chi connectivity index (χ3n) is 2.39. The van der Waals surface area contributed by atoms with Gasteiger partial charge in [0.15, 0.2) is 0 Å². The Bertz CT molecular complexity index is 291. The maximum Gasteiger partial charge on any atom is 0.202 e. The Kier molecular flexibility index (Phi) is 5.32. The Morgan fingerprint density at radius 3 is 2.75 bits per heavy atom. The van der Waals surface area contributed by atoms with E-state index in [0.717, 1.165) is 19.0 Å². The molecule has 92 valence electrons. The molecule has 0 radical (unpaired) electrons. The van der Waals surface area contributed by atoms with Gasteiger partial charge in [-0.15, -0.1) is 0 Å². The van der Waals surface area contributed by atoms with E-state index in [1.54, 1.807) is 0 Å². The van der Waals surface area contributed by atoms with E-state index in [0.29, 0.717) is 6.04 Å². The van der Waals surface area contributed by atoms with Crippen LogP contribution in [0.2, 0.25) is 0 Å². The number of nitrogens with zero attached hydrogens (tertiary/aromatic N) is 3. The van der Waals surface area contributed by atoms with E-state index in [4.69, 9.17) is 0 Å². The SMILES string of the molecule is CC(C)Nc1nccn1CCCCN(C)C. The van der Waals surface area contributed by atoms with Gasteiger partial charge in [0.1, 0.15) is 0 Å². The summed E-state index contributed by atoms with van der Waals surface area (Å²) in [4.78, 5) is 6.54. The van der Waals surface area contributed by atoms with Crippen LogP contribution >= 0.6 is 0 Å². The van der Waals surface area contributed by atoms with Gasteiger partial charge in [-0.3, -0.25) is 0 Å². The monoisotopic (exact) mass is 224 g/mol. The van der Waals surface area contributed by atoms with Crippen molar-refractivity contribution >= 4 is 5.95 Å². The van der Waals surface area contributed by atoms with Gasteiger partial charge in [0.2, 0.25) is 5.95 Å². The molecule has 0 amide bonds. The lowest BCUT2D eigenvalue weighted by Crippen LogP contribution is -2.16. The van der Waals surface area contributed by atoms with Gasteiger partial charge in [-0.05, 0) is 47.3 Å². The molecule has 0 saturated carbocycles. The van der Waals surface area contributed by atoms with E-state index in [-0.39, 0.29) is 0 Å². The van der Waals surface area contributed by atoms with Gasteiger partial charge in [0, 0.05) is 25.0 Å². The van der Waals surface area contributed by atoms with Gasteiger partial charge >= 0.3 is 0 Å². The first-order valence-corrected chi connectivity index (χ1v) is 6.02. The van der Waals surface area contributed by atoms with Crippen LogP contribution < -0.4 is 5.32 Å². The smallest absolute Gasteiger partial charge is 0.202 e. The van der Waals surface area contributed by atoms with Crippen LogP contribution in [0.15, 0.2) is 12.4 Å². The van der Waals surface area contributed by atoms with Crippen molar-refractivity contribution in [1.29, 1.82) is 0 Å². The van der Waals surface area contributed by atoms with Crippen molar-refractivity contribution in [1.82, 2.24) is 14.5 Å². The van der Waals surface area contributed by atoms with Gasteiger partial charge in [-0.2, -0.15) is 0 Å². The third kappa shape index (κ3) is 4.66. The van der Waals surface area contributed by atoms with Gasteiger partial charge in [0.05, 0.1) is 0 Å². The fourth-order valence-corrected chi connectivity index (χ4v) is 1.60. The topological polar surface area (TPSA) is 33.1 Å². The number of nitrogens with one attached hydrogen (secondary N) is 1. The second-order valence-electron chi connectivity index (χ2n) is 4.75. The minimum absolute atomic E-state index is 0.433. The molecule has 4 nitrogen and oxygen atoms in total. The average Bonchev–Trinajstić information content (AvgIpc) is 2.59. The number of imidazole rings is 1. The van der Waals surface area contributed by atoms with Crippen LogP contribution in [0.4, 0.5) is 5.95 Å². The third-order valence-corrected chi connectivity index (χ3v) is 2.39. The van der Waals surface area contributed by atoms with Crippen molar-refractivity contribution in [2.45, 2.75) is 39.3 Å². The largest absolute Gasteiger partial charge is 0.353 e. The van der Waals surface area contributed by atoms with Crippen molar-refractivity contribution in [3.05, 3.63) is 12.4 Å². The molecule has 0 aromatic carbocycles.